The second-order valence-electron chi connectivity index (χ2n) is 7.43. The highest BCUT2D eigenvalue weighted by Crippen LogP contribution is 2.45. The number of benzene rings is 1. The van der Waals surface area contributed by atoms with Crippen molar-refractivity contribution in [3.05, 3.63) is 64.8 Å². The summed E-state index contributed by atoms with van der Waals surface area (Å²) in [7, 11) is 0. The summed E-state index contributed by atoms with van der Waals surface area (Å²) < 4.78 is 0. The standard InChI is InChI=1S/C13H16O.C10H11NO2/c1-3-13(4-2)8-10-6-5-7-12(14)11(10)9-13;12-10(13)8-3-4-9-7(6-8)2-1-5-11-9/h5-7,9H,3-4,8H2,1-2H3;3-4,6,11H,1-2,5H2,(H,12,13). The average molecular weight is 365 g/mol. The molecule has 0 fully saturated rings. The van der Waals surface area contributed by atoms with Crippen molar-refractivity contribution in [2.45, 2.75) is 46.0 Å². The summed E-state index contributed by atoms with van der Waals surface area (Å²) in [5.41, 5.74) is 5.02. The zero-order valence-electron chi connectivity index (χ0n) is 16.0. The Labute approximate surface area is 160 Å². The van der Waals surface area contributed by atoms with Gasteiger partial charge >= 0.3 is 5.97 Å². The fourth-order valence-corrected chi connectivity index (χ4v) is 3.96. The number of anilines is 1. The van der Waals surface area contributed by atoms with E-state index in [9.17, 15) is 9.59 Å². The molecule has 0 saturated carbocycles. The van der Waals surface area contributed by atoms with Gasteiger partial charge in [0.25, 0.3) is 0 Å². The Morgan fingerprint density at radius 1 is 1.26 bits per heavy atom. The Morgan fingerprint density at radius 2 is 2.04 bits per heavy atom. The molecule has 4 heteroatoms. The summed E-state index contributed by atoms with van der Waals surface area (Å²) in [4.78, 5) is 22.3. The molecule has 0 aromatic heterocycles. The van der Waals surface area contributed by atoms with Gasteiger partial charge in [0.05, 0.1) is 5.56 Å². The van der Waals surface area contributed by atoms with Gasteiger partial charge in [0, 0.05) is 17.8 Å². The molecule has 142 valence electrons. The highest BCUT2D eigenvalue weighted by Gasteiger charge is 2.35. The second kappa shape index (κ2) is 7.95. The number of carboxylic acid groups (broad SMARTS) is 1. The molecule has 0 unspecified atom stereocenters. The van der Waals surface area contributed by atoms with Crippen molar-refractivity contribution in [1.82, 2.24) is 0 Å². The van der Waals surface area contributed by atoms with Crippen LogP contribution in [0.1, 0.15) is 55.5 Å². The summed E-state index contributed by atoms with van der Waals surface area (Å²) in [5.74, 6) is -0.667. The third-order valence-electron chi connectivity index (χ3n) is 5.85. The van der Waals surface area contributed by atoms with Gasteiger partial charge in [-0.15, -0.1) is 0 Å². The summed E-state index contributed by atoms with van der Waals surface area (Å²) in [6.07, 6.45) is 13.2. The SMILES string of the molecule is CCC1(CC)C=C2C(=O)C=CC=C2C1.O=C(O)c1ccc2c(c1)CCCN2. The summed E-state index contributed by atoms with van der Waals surface area (Å²) in [5, 5.41) is 12.0. The third kappa shape index (κ3) is 4.05. The molecule has 3 aliphatic rings. The van der Waals surface area contributed by atoms with Crippen molar-refractivity contribution in [1.29, 1.82) is 0 Å². The Hall–Kier alpha value is -2.62. The zero-order chi connectivity index (χ0) is 19.4. The summed E-state index contributed by atoms with van der Waals surface area (Å²) in [6.45, 7) is 5.39. The number of nitrogens with one attached hydrogen (secondary N) is 1. The van der Waals surface area contributed by atoms with E-state index in [0.29, 0.717) is 5.56 Å². The Morgan fingerprint density at radius 3 is 2.70 bits per heavy atom. The number of carbonyl (C=O) groups excluding carboxylic acids is 1. The van der Waals surface area contributed by atoms with Crippen LogP contribution in [0.15, 0.2) is 53.6 Å². The smallest absolute Gasteiger partial charge is 0.335 e. The first-order valence-electron chi connectivity index (χ1n) is 9.73. The van der Waals surface area contributed by atoms with Crippen molar-refractivity contribution in [3.8, 4) is 0 Å². The fourth-order valence-electron chi connectivity index (χ4n) is 3.96. The molecule has 1 heterocycles. The van der Waals surface area contributed by atoms with E-state index in [1.54, 1.807) is 18.2 Å². The highest BCUT2D eigenvalue weighted by atomic mass is 16.4. The molecule has 0 spiro atoms. The normalized spacial score (nSPS) is 19.0. The first-order valence-corrected chi connectivity index (χ1v) is 9.73. The van der Waals surface area contributed by atoms with Gasteiger partial charge in [-0.25, -0.2) is 4.79 Å². The molecule has 0 atom stereocenters. The van der Waals surface area contributed by atoms with E-state index < -0.39 is 5.97 Å². The van der Waals surface area contributed by atoms with Gasteiger partial charge in [-0.05, 0) is 72.9 Å². The first-order chi connectivity index (χ1) is 13.0. The molecule has 0 bridgehead atoms. The lowest BCUT2D eigenvalue weighted by Gasteiger charge is -2.23. The maximum atomic E-state index is 11.6. The fraction of sp³-hybridized carbons (Fsp3) is 0.391. The van der Waals surface area contributed by atoms with Crippen molar-refractivity contribution in [3.63, 3.8) is 0 Å². The maximum Gasteiger partial charge on any atom is 0.335 e. The molecular formula is C23H27NO3. The lowest BCUT2D eigenvalue weighted by Crippen LogP contribution is -2.12. The molecule has 1 aromatic carbocycles. The molecule has 1 aliphatic heterocycles. The molecule has 0 amide bonds. The predicted molar refractivity (Wildman–Crippen MR) is 108 cm³/mol. The van der Waals surface area contributed by atoms with E-state index in [-0.39, 0.29) is 11.2 Å². The summed E-state index contributed by atoms with van der Waals surface area (Å²) >= 11 is 0. The number of ketones is 1. The molecular weight excluding hydrogens is 338 g/mol. The Bertz CT molecular complexity index is 841. The van der Waals surface area contributed by atoms with Crippen LogP contribution >= 0.6 is 0 Å². The Balaban J connectivity index is 0.000000156. The topological polar surface area (TPSA) is 66.4 Å². The number of aryl methyl sites for hydroxylation is 1. The molecule has 0 radical (unpaired) electrons. The van der Waals surface area contributed by atoms with Gasteiger partial charge in [0.2, 0.25) is 0 Å². The van der Waals surface area contributed by atoms with E-state index in [2.05, 4.69) is 31.3 Å². The van der Waals surface area contributed by atoms with Crippen LogP contribution in [-0.2, 0) is 11.2 Å². The van der Waals surface area contributed by atoms with E-state index >= 15 is 0 Å². The molecule has 4 nitrogen and oxygen atoms in total. The minimum absolute atomic E-state index is 0.186. The molecule has 0 saturated heterocycles. The summed E-state index contributed by atoms with van der Waals surface area (Å²) in [6, 6.07) is 5.24. The van der Waals surface area contributed by atoms with Gasteiger partial charge in [-0.3, -0.25) is 4.79 Å². The lowest BCUT2D eigenvalue weighted by molar-refractivity contribution is -0.111. The molecule has 4 rings (SSSR count). The van der Waals surface area contributed by atoms with Crippen molar-refractivity contribution >= 4 is 17.4 Å². The van der Waals surface area contributed by atoms with Gasteiger partial charge in [0.1, 0.15) is 0 Å². The van der Waals surface area contributed by atoms with Gasteiger partial charge in [-0.2, -0.15) is 0 Å². The maximum absolute atomic E-state index is 11.6. The van der Waals surface area contributed by atoms with Crippen LogP contribution in [0, 0.1) is 5.41 Å². The Kier molecular flexibility index (Phi) is 5.64. The molecule has 1 aromatic rings. The quantitative estimate of drug-likeness (QED) is 0.797. The second-order valence-corrected chi connectivity index (χ2v) is 7.43. The number of hydrogen-bond donors (Lipinski definition) is 2. The minimum atomic E-state index is -0.853. The third-order valence-corrected chi connectivity index (χ3v) is 5.85. The number of carbonyl (C=O) groups is 2. The largest absolute Gasteiger partial charge is 0.478 e. The number of carboxylic acids is 1. The van der Waals surface area contributed by atoms with Crippen molar-refractivity contribution in [2.24, 2.45) is 5.41 Å². The van der Waals surface area contributed by atoms with Crippen LogP contribution in [0.3, 0.4) is 0 Å². The molecule has 2 N–H and O–H groups in total. The highest BCUT2D eigenvalue weighted by molar-refractivity contribution is 6.09. The average Bonchev–Trinajstić information content (AvgIpc) is 3.09. The van der Waals surface area contributed by atoms with Crippen molar-refractivity contribution in [2.75, 3.05) is 11.9 Å². The predicted octanol–water partition coefficient (Wildman–Crippen LogP) is 4.93. The molecule has 27 heavy (non-hydrogen) atoms. The number of rotatable bonds is 3. The van der Waals surface area contributed by atoms with Crippen LogP contribution in [-0.4, -0.2) is 23.4 Å². The van der Waals surface area contributed by atoms with E-state index in [1.165, 1.54) is 5.57 Å². The first kappa shape index (κ1) is 19.2. The zero-order valence-corrected chi connectivity index (χ0v) is 16.0. The van der Waals surface area contributed by atoms with Crippen molar-refractivity contribution < 1.29 is 14.7 Å². The van der Waals surface area contributed by atoms with Gasteiger partial charge < -0.3 is 10.4 Å². The van der Waals surface area contributed by atoms with E-state index in [4.69, 9.17) is 5.11 Å². The molecule has 2 aliphatic carbocycles. The number of hydrogen-bond acceptors (Lipinski definition) is 3. The van der Waals surface area contributed by atoms with Gasteiger partial charge in [0.15, 0.2) is 5.78 Å². The van der Waals surface area contributed by atoms with E-state index in [1.807, 2.05) is 12.1 Å². The van der Waals surface area contributed by atoms with E-state index in [0.717, 1.165) is 55.5 Å². The monoisotopic (exact) mass is 365 g/mol. The van der Waals surface area contributed by atoms with Crippen LogP contribution in [0.2, 0.25) is 0 Å². The van der Waals surface area contributed by atoms with Crippen LogP contribution in [0.5, 0.6) is 0 Å². The number of fused-ring (bicyclic) bond motifs is 2. The minimum Gasteiger partial charge on any atom is -0.478 e. The van der Waals surface area contributed by atoms with Crippen LogP contribution in [0.25, 0.3) is 0 Å². The van der Waals surface area contributed by atoms with Gasteiger partial charge in [-0.1, -0.05) is 32.1 Å². The number of aromatic carboxylic acids is 1. The number of allylic oxidation sites excluding steroid dienone is 6. The van der Waals surface area contributed by atoms with Crippen LogP contribution < -0.4 is 5.32 Å². The van der Waals surface area contributed by atoms with Crippen LogP contribution in [0.4, 0.5) is 5.69 Å². The lowest BCUT2D eigenvalue weighted by atomic mass is 9.81.